The van der Waals surface area contributed by atoms with Crippen LogP contribution >= 0.6 is 35.5 Å². The molecule has 2 aliphatic rings. The van der Waals surface area contributed by atoms with Crippen molar-refractivity contribution in [3.63, 3.8) is 0 Å². The number of ether oxygens (including phenoxy) is 2. The first kappa shape index (κ1) is 20.0. The lowest BCUT2D eigenvalue weighted by Gasteiger charge is -2.53. The number of β-lactam (4-membered cyclic amide) rings is 1. The molecule has 2 N–H and O–H groups in total. The van der Waals surface area contributed by atoms with Gasteiger partial charge >= 0.3 is 5.97 Å². The van der Waals surface area contributed by atoms with E-state index in [1.54, 1.807) is 37.6 Å². The zero-order valence-corrected chi connectivity index (χ0v) is 17.7. The number of amides is 1. The molecular weight excluding hydrogens is 432 g/mol. The fourth-order valence-electron chi connectivity index (χ4n) is 3.13. The van der Waals surface area contributed by atoms with Gasteiger partial charge in [-0.05, 0) is 29.2 Å². The molecule has 0 radical (unpaired) electrons. The number of benzene rings is 1. The number of nitrogens with zero attached hydrogens (tertiary/aromatic N) is 3. The van der Waals surface area contributed by atoms with Gasteiger partial charge in [-0.3, -0.25) is 9.69 Å². The Kier molecular flexibility index (Phi) is 5.38. The molecule has 1 unspecified atom stereocenters. The van der Waals surface area contributed by atoms with Crippen LogP contribution in [0, 0.1) is 0 Å². The van der Waals surface area contributed by atoms with Crippen LogP contribution < -0.4 is 10.5 Å². The molecule has 150 valence electrons. The van der Waals surface area contributed by atoms with Crippen molar-refractivity contribution in [2.24, 2.45) is 5.73 Å². The third kappa shape index (κ3) is 3.33. The number of hydrogen-bond acceptors (Lipinski definition) is 10. The second kappa shape index (κ2) is 7.82. The molecule has 0 aliphatic carbocycles. The maximum atomic E-state index is 13.0. The Morgan fingerprint density at radius 1 is 1.45 bits per heavy atom. The lowest BCUT2D eigenvalue weighted by molar-refractivity contribution is -0.153. The number of aromatic nitrogens is 2. The van der Waals surface area contributed by atoms with Crippen LogP contribution in [0.15, 0.2) is 36.2 Å². The zero-order chi connectivity index (χ0) is 20.6. The van der Waals surface area contributed by atoms with E-state index in [9.17, 15) is 9.59 Å². The van der Waals surface area contributed by atoms with Gasteiger partial charge in [0.15, 0.2) is 5.54 Å². The summed E-state index contributed by atoms with van der Waals surface area (Å²) in [5.41, 5.74) is 6.50. The van der Waals surface area contributed by atoms with Gasteiger partial charge in [0.2, 0.25) is 0 Å². The highest BCUT2D eigenvalue weighted by atomic mass is 32.2. The van der Waals surface area contributed by atoms with Gasteiger partial charge in [-0.2, -0.15) is 0 Å². The van der Waals surface area contributed by atoms with E-state index in [0.29, 0.717) is 22.0 Å². The summed E-state index contributed by atoms with van der Waals surface area (Å²) in [4.78, 5) is 27.8. The maximum absolute atomic E-state index is 13.0. The summed E-state index contributed by atoms with van der Waals surface area (Å²) < 4.78 is 14.5. The Balaban J connectivity index is 1.62. The number of thiocarbonyl (C=S) groups is 1. The van der Waals surface area contributed by atoms with E-state index in [-0.39, 0.29) is 12.3 Å². The average Bonchev–Trinajstić information content (AvgIpc) is 3.30. The molecular formula is C18H16N4O4S3. The van der Waals surface area contributed by atoms with Gasteiger partial charge in [0, 0.05) is 16.7 Å². The van der Waals surface area contributed by atoms with Crippen molar-refractivity contribution in [1.29, 1.82) is 0 Å². The number of fused-ring (bicyclic) bond motifs is 1. The molecule has 0 bridgehead atoms. The van der Waals surface area contributed by atoms with Crippen molar-refractivity contribution >= 4 is 58.3 Å². The second-order valence-corrected chi connectivity index (χ2v) is 8.51. The fraction of sp³-hybridized carbons (Fsp3) is 0.278. The summed E-state index contributed by atoms with van der Waals surface area (Å²) in [6.07, 6.45) is 1.57. The number of carbonyl (C=O) groups excluding carboxylic acids is 2. The van der Waals surface area contributed by atoms with Gasteiger partial charge in [-0.15, -0.1) is 16.9 Å². The van der Waals surface area contributed by atoms with Gasteiger partial charge in [0.05, 0.1) is 18.2 Å². The molecule has 1 aromatic heterocycles. The SMILES string of the molecule is COc1ccc(COC(=O)C2=C(c3cnns3)CS[C@@H]3N2C(=O)C3(N)C=S)cc1. The molecule has 2 atom stereocenters. The minimum atomic E-state index is -1.26. The van der Waals surface area contributed by atoms with Gasteiger partial charge in [-0.25, -0.2) is 4.79 Å². The van der Waals surface area contributed by atoms with Crippen LogP contribution in [-0.2, 0) is 20.9 Å². The molecule has 0 spiro atoms. The van der Waals surface area contributed by atoms with E-state index in [2.05, 4.69) is 9.59 Å². The Morgan fingerprint density at radius 3 is 2.83 bits per heavy atom. The van der Waals surface area contributed by atoms with Gasteiger partial charge in [-0.1, -0.05) is 28.8 Å². The predicted octanol–water partition coefficient (Wildman–Crippen LogP) is 1.61. The van der Waals surface area contributed by atoms with Crippen LogP contribution in [0.4, 0.5) is 0 Å². The Labute approximate surface area is 180 Å². The molecule has 1 fully saturated rings. The minimum Gasteiger partial charge on any atom is -0.497 e. The van der Waals surface area contributed by atoms with Crippen molar-refractivity contribution < 1.29 is 19.1 Å². The summed E-state index contributed by atoms with van der Waals surface area (Å²) in [6, 6.07) is 7.18. The number of methoxy groups -OCH3 is 1. The lowest BCUT2D eigenvalue weighted by Crippen LogP contribution is -2.78. The second-order valence-electron chi connectivity index (χ2n) is 6.42. The topological polar surface area (TPSA) is 108 Å². The normalized spacial score (nSPS) is 23.3. The summed E-state index contributed by atoms with van der Waals surface area (Å²) in [5.74, 6) is 0.152. The minimum absolute atomic E-state index is 0.0569. The van der Waals surface area contributed by atoms with Crippen LogP contribution in [0.1, 0.15) is 10.4 Å². The summed E-state index contributed by atoms with van der Waals surface area (Å²) in [6.45, 7) is 0.0569. The largest absolute Gasteiger partial charge is 0.497 e. The molecule has 29 heavy (non-hydrogen) atoms. The van der Waals surface area contributed by atoms with Crippen molar-refractivity contribution in [3.05, 3.63) is 46.6 Å². The molecule has 1 saturated heterocycles. The van der Waals surface area contributed by atoms with E-state index >= 15 is 0 Å². The first-order chi connectivity index (χ1) is 14.0. The quantitative estimate of drug-likeness (QED) is 0.401. The lowest BCUT2D eigenvalue weighted by atomic mass is 9.89. The predicted molar refractivity (Wildman–Crippen MR) is 113 cm³/mol. The third-order valence-electron chi connectivity index (χ3n) is 4.72. The van der Waals surface area contributed by atoms with Gasteiger partial charge in [0.1, 0.15) is 23.4 Å². The summed E-state index contributed by atoms with van der Waals surface area (Å²) in [7, 11) is 1.58. The number of rotatable bonds is 6. The fourth-order valence-corrected chi connectivity index (χ4v) is 5.51. The third-order valence-corrected chi connectivity index (χ3v) is 7.21. The van der Waals surface area contributed by atoms with Crippen molar-refractivity contribution in [2.45, 2.75) is 17.5 Å². The molecule has 2 aromatic rings. The molecule has 11 heteroatoms. The summed E-state index contributed by atoms with van der Waals surface area (Å²) in [5, 5.41) is 4.66. The van der Waals surface area contributed by atoms with E-state index in [4.69, 9.17) is 27.4 Å². The highest BCUT2D eigenvalue weighted by Gasteiger charge is 2.62. The van der Waals surface area contributed by atoms with Crippen molar-refractivity contribution in [3.8, 4) is 5.75 Å². The first-order valence-electron chi connectivity index (χ1n) is 8.51. The Hall–Kier alpha value is -2.34. The van der Waals surface area contributed by atoms with Crippen molar-refractivity contribution in [1.82, 2.24) is 14.5 Å². The molecule has 3 heterocycles. The van der Waals surface area contributed by atoms with E-state index in [1.807, 2.05) is 0 Å². The van der Waals surface area contributed by atoms with Gasteiger partial charge in [0.25, 0.3) is 5.91 Å². The molecule has 1 amide bonds. The molecule has 4 rings (SSSR count). The molecule has 8 nitrogen and oxygen atoms in total. The molecule has 1 aromatic carbocycles. The number of carbonyl (C=O) groups is 2. The smallest absolute Gasteiger partial charge is 0.355 e. The number of nitrogens with two attached hydrogens (primary N) is 1. The van der Waals surface area contributed by atoms with Gasteiger partial charge < -0.3 is 15.2 Å². The van der Waals surface area contributed by atoms with E-state index in [1.165, 1.54) is 22.0 Å². The highest BCUT2D eigenvalue weighted by Crippen LogP contribution is 2.47. The number of esters is 1. The summed E-state index contributed by atoms with van der Waals surface area (Å²) >= 11 is 7.56. The van der Waals surface area contributed by atoms with Crippen LogP contribution in [0.5, 0.6) is 5.75 Å². The van der Waals surface area contributed by atoms with Crippen LogP contribution in [0.25, 0.3) is 5.57 Å². The molecule has 2 aliphatic heterocycles. The Morgan fingerprint density at radius 2 is 2.21 bits per heavy atom. The van der Waals surface area contributed by atoms with Crippen molar-refractivity contribution in [2.75, 3.05) is 12.9 Å². The molecule has 0 saturated carbocycles. The highest BCUT2D eigenvalue weighted by molar-refractivity contribution is 8.00. The average molecular weight is 449 g/mol. The first-order valence-corrected chi connectivity index (χ1v) is 10.8. The van der Waals surface area contributed by atoms with E-state index < -0.39 is 22.8 Å². The Bertz CT molecular complexity index is 993. The van der Waals surface area contributed by atoms with E-state index in [0.717, 1.165) is 17.1 Å². The van der Waals surface area contributed by atoms with Crippen LogP contribution in [-0.4, -0.2) is 55.5 Å². The monoisotopic (exact) mass is 448 g/mol. The van der Waals surface area contributed by atoms with Crippen LogP contribution in [0.3, 0.4) is 0 Å². The zero-order valence-electron chi connectivity index (χ0n) is 15.2. The number of thioether (sulfide) groups is 1. The standard InChI is InChI=1S/C18H16N4O4S3/c1-25-11-4-2-10(3-5-11)7-26-15(23)14-12(13-6-20-21-29-13)8-28-17-18(19,9-27)16(24)22(14)17/h2-6,9,17H,7-8,19H2,1H3/t17-,18?/m0/s1. The maximum Gasteiger partial charge on any atom is 0.355 e. The number of hydrogen-bond donors (Lipinski definition) is 1. The van der Waals surface area contributed by atoms with Crippen LogP contribution in [0.2, 0.25) is 0 Å².